The standard InChI is InChI=1S/C11H8BrFN2O4/c1-19-10-7(16)2-4(13)8(9(10)12)5-3-6(11(17)18)15-14-5/h2-3,16H,1H3,(H,14,15)(H,17,18). The van der Waals surface area contributed by atoms with Crippen molar-refractivity contribution in [3.05, 3.63) is 28.1 Å². The lowest BCUT2D eigenvalue weighted by Gasteiger charge is -2.10. The molecular formula is C11H8BrFN2O4. The normalized spacial score (nSPS) is 10.5. The van der Waals surface area contributed by atoms with E-state index in [0.717, 1.165) is 6.07 Å². The van der Waals surface area contributed by atoms with Crippen molar-refractivity contribution in [2.24, 2.45) is 0 Å². The molecule has 0 unspecified atom stereocenters. The smallest absolute Gasteiger partial charge is 0.353 e. The van der Waals surface area contributed by atoms with Crippen LogP contribution in [0.25, 0.3) is 11.3 Å². The Morgan fingerprint density at radius 3 is 2.74 bits per heavy atom. The van der Waals surface area contributed by atoms with E-state index in [0.29, 0.717) is 0 Å². The first kappa shape index (κ1) is 13.3. The summed E-state index contributed by atoms with van der Waals surface area (Å²) < 4.78 is 19.0. The molecule has 0 amide bonds. The highest BCUT2D eigenvalue weighted by Gasteiger charge is 2.21. The van der Waals surface area contributed by atoms with Crippen LogP contribution in [0.2, 0.25) is 0 Å². The maximum atomic E-state index is 13.9. The van der Waals surface area contributed by atoms with Crippen molar-refractivity contribution >= 4 is 21.9 Å². The third kappa shape index (κ3) is 2.26. The summed E-state index contributed by atoms with van der Waals surface area (Å²) in [7, 11) is 1.31. The van der Waals surface area contributed by atoms with E-state index >= 15 is 0 Å². The number of aromatic nitrogens is 2. The van der Waals surface area contributed by atoms with Gasteiger partial charge < -0.3 is 14.9 Å². The zero-order valence-corrected chi connectivity index (χ0v) is 11.2. The number of hydrogen-bond acceptors (Lipinski definition) is 4. The first-order chi connectivity index (χ1) is 8.95. The lowest BCUT2D eigenvalue weighted by Crippen LogP contribution is -1.95. The molecule has 0 saturated carbocycles. The van der Waals surface area contributed by atoms with Gasteiger partial charge in [0.1, 0.15) is 11.5 Å². The minimum absolute atomic E-state index is 0.00148. The number of aromatic amines is 1. The van der Waals surface area contributed by atoms with E-state index in [1.807, 2.05) is 0 Å². The zero-order chi connectivity index (χ0) is 14.2. The number of H-pyrrole nitrogens is 1. The molecule has 2 rings (SSSR count). The molecule has 0 aliphatic heterocycles. The van der Waals surface area contributed by atoms with Gasteiger partial charge >= 0.3 is 5.97 Å². The summed E-state index contributed by atoms with van der Waals surface area (Å²) in [5.41, 5.74) is -0.0909. The fraction of sp³-hybridized carbons (Fsp3) is 0.0909. The molecule has 1 aromatic carbocycles. The Bertz CT molecular complexity index is 656. The van der Waals surface area contributed by atoms with Crippen molar-refractivity contribution in [2.45, 2.75) is 0 Å². The minimum Gasteiger partial charge on any atom is -0.504 e. The van der Waals surface area contributed by atoms with E-state index < -0.39 is 11.8 Å². The number of ether oxygens (including phenoxy) is 1. The molecule has 0 aliphatic rings. The summed E-state index contributed by atoms with van der Waals surface area (Å²) in [6.07, 6.45) is 0. The Hall–Kier alpha value is -2.09. The fourth-order valence-electron chi connectivity index (χ4n) is 1.58. The summed E-state index contributed by atoms with van der Waals surface area (Å²) in [6, 6.07) is 2.05. The van der Waals surface area contributed by atoms with Crippen molar-refractivity contribution < 1.29 is 24.1 Å². The van der Waals surface area contributed by atoms with Crippen LogP contribution in [0, 0.1) is 5.82 Å². The van der Waals surface area contributed by atoms with Crippen LogP contribution >= 0.6 is 15.9 Å². The van der Waals surface area contributed by atoms with Gasteiger partial charge in [0.15, 0.2) is 11.5 Å². The van der Waals surface area contributed by atoms with Crippen LogP contribution in [0.4, 0.5) is 4.39 Å². The van der Waals surface area contributed by atoms with Gasteiger partial charge in [0.25, 0.3) is 0 Å². The van der Waals surface area contributed by atoms with Gasteiger partial charge in [-0.15, -0.1) is 0 Å². The number of phenolic OH excluding ortho intramolecular Hbond substituents is 1. The number of aromatic carboxylic acids is 1. The van der Waals surface area contributed by atoms with Gasteiger partial charge in [-0.2, -0.15) is 5.10 Å². The van der Waals surface area contributed by atoms with Crippen LogP contribution in [0.3, 0.4) is 0 Å². The molecule has 0 saturated heterocycles. The maximum Gasteiger partial charge on any atom is 0.353 e. The minimum atomic E-state index is -1.21. The largest absolute Gasteiger partial charge is 0.504 e. The molecule has 0 bridgehead atoms. The number of rotatable bonds is 3. The highest BCUT2D eigenvalue weighted by Crippen LogP contribution is 2.42. The van der Waals surface area contributed by atoms with Gasteiger partial charge in [0, 0.05) is 6.07 Å². The molecule has 1 aromatic heterocycles. The summed E-state index contributed by atoms with van der Waals surface area (Å²) in [5, 5.41) is 24.3. The average Bonchev–Trinajstić information content (AvgIpc) is 2.78. The van der Waals surface area contributed by atoms with Gasteiger partial charge in [0.2, 0.25) is 0 Å². The molecule has 0 radical (unpaired) electrons. The predicted molar refractivity (Wildman–Crippen MR) is 66.9 cm³/mol. The predicted octanol–water partition coefficient (Wildman–Crippen LogP) is 2.39. The first-order valence-electron chi connectivity index (χ1n) is 4.99. The Morgan fingerprint density at radius 1 is 1.53 bits per heavy atom. The average molecular weight is 331 g/mol. The summed E-state index contributed by atoms with van der Waals surface area (Å²) in [4.78, 5) is 10.8. The molecule has 6 nitrogen and oxygen atoms in total. The SMILES string of the molecule is COc1c(O)cc(F)c(-c2cc(C(=O)O)[nH]n2)c1Br. The number of nitrogens with zero attached hydrogens (tertiary/aromatic N) is 1. The Morgan fingerprint density at radius 2 is 2.21 bits per heavy atom. The number of carboxylic acids is 1. The van der Waals surface area contributed by atoms with Gasteiger partial charge in [-0.05, 0) is 22.0 Å². The van der Waals surface area contributed by atoms with E-state index in [1.165, 1.54) is 13.2 Å². The third-order valence-electron chi connectivity index (χ3n) is 2.42. The number of hydrogen-bond donors (Lipinski definition) is 3. The van der Waals surface area contributed by atoms with Crippen molar-refractivity contribution in [1.82, 2.24) is 10.2 Å². The maximum absolute atomic E-state index is 13.9. The van der Waals surface area contributed by atoms with Crippen LogP contribution in [0.5, 0.6) is 11.5 Å². The number of methoxy groups -OCH3 is 1. The monoisotopic (exact) mass is 330 g/mol. The van der Waals surface area contributed by atoms with E-state index in [1.54, 1.807) is 0 Å². The second kappa shape index (κ2) is 4.88. The number of carboxylic acid groups (broad SMARTS) is 1. The van der Waals surface area contributed by atoms with Gasteiger partial charge in [-0.25, -0.2) is 9.18 Å². The van der Waals surface area contributed by atoms with Gasteiger partial charge in [-0.1, -0.05) is 0 Å². The number of aromatic hydroxyl groups is 1. The van der Waals surface area contributed by atoms with E-state index in [4.69, 9.17) is 9.84 Å². The molecule has 0 spiro atoms. The molecule has 3 N–H and O–H groups in total. The number of nitrogens with one attached hydrogen (secondary N) is 1. The Labute approximate surface area is 115 Å². The molecule has 0 aliphatic carbocycles. The molecular weight excluding hydrogens is 323 g/mol. The first-order valence-corrected chi connectivity index (χ1v) is 5.79. The Kier molecular flexibility index (Phi) is 3.43. The molecule has 100 valence electrons. The number of phenols is 1. The highest BCUT2D eigenvalue weighted by atomic mass is 79.9. The summed E-state index contributed by atoms with van der Waals surface area (Å²) in [6.45, 7) is 0. The zero-order valence-electron chi connectivity index (χ0n) is 9.57. The van der Waals surface area contributed by atoms with Crippen molar-refractivity contribution in [1.29, 1.82) is 0 Å². The molecule has 19 heavy (non-hydrogen) atoms. The molecule has 8 heteroatoms. The molecule has 1 heterocycles. The van der Waals surface area contributed by atoms with Crippen LogP contribution in [0.1, 0.15) is 10.5 Å². The molecule has 2 aromatic rings. The van der Waals surface area contributed by atoms with Crippen LogP contribution in [0.15, 0.2) is 16.6 Å². The molecule has 0 fully saturated rings. The van der Waals surface area contributed by atoms with Crippen molar-refractivity contribution in [2.75, 3.05) is 7.11 Å². The van der Waals surface area contributed by atoms with Crippen LogP contribution in [-0.4, -0.2) is 33.5 Å². The van der Waals surface area contributed by atoms with Gasteiger partial charge in [0.05, 0.1) is 22.8 Å². The lowest BCUT2D eigenvalue weighted by atomic mass is 10.1. The van der Waals surface area contributed by atoms with Crippen molar-refractivity contribution in [3.63, 3.8) is 0 Å². The number of carbonyl (C=O) groups is 1. The Balaban J connectivity index is 2.64. The van der Waals surface area contributed by atoms with Gasteiger partial charge in [-0.3, -0.25) is 5.10 Å². The quantitative estimate of drug-likeness (QED) is 0.803. The topological polar surface area (TPSA) is 95.4 Å². The number of halogens is 2. The van der Waals surface area contributed by atoms with Crippen LogP contribution < -0.4 is 4.74 Å². The second-order valence-electron chi connectivity index (χ2n) is 3.57. The third-order valence-corrected chi connectivity index (χ3v) is 3.18. The van der Waals surface area contributed by atoms with Crippen molar-refractivity contribution in [3.8, 4) is 22.8 Å². The lowest BCUT2D eigenvalue weighted by molar-refractivity contribution is 0.0690. The second-order valence-corrected chi connectivity index (χ2v) is 4.36. The number of benzene rings is 1. The summed E-state index contributed by atoms with van der Waals surface area (Å²) >= 11 is 3.10. The van der Waals surface area contributed by atoms with E-state index in [9.17, 15) is 14.3 Å². The van der Waals surface area contributed by atoms with E-state index in [2.05, 4.69) is 26.1 Å². The summed E-state index contributed by atoms with van der Waals surface area (Å²) in [5.74, 6) is -2.30. The highest BCUT2D eigenvalue weighted by molar-refractivity contribution is 9.10. The fourth-order valence-corrected chi connectivity index (χ4v) is 2.33. The van der Waals surface area contributed by atoms with Crippen LogP contribution in [-0.2, 0) is 0 Å². The molecule has 0 atom stereocenters. The van der Waals surface area contributed by atoms with E-state index in [-0.39, 0.29) is 32.9 Å².